The Morgan fingerprint density at radius 2 is 1.96 bits per heavy atom. The van der Waals surface area contributed by atoms with E-state index in [-0.39, 0.29) is 37.6 Å². The number of nitrogens with zero attached hydrogens (tertiary/aromatic N) is 1. The molecule has 3 N–H and O–H groups in total. The number of halogens is 2. The van der Waals surface area contributed by atoms with Crippen molar-refractivity contribution in [1.82, 2.24) is 5.32 Å². The molecule has 0 bridgehead atoms. The summed E-state index contributed by atoms with van der Waals surface area (Å²) in [6, 6.07) is 5.05. The number of carbonyl (C=O) groups is 1. The van der Waals surface area contributed by atoms with E-state index in [1.165, 1.54) is 6.08 Å². The van der Waals surface area contributed by atoms with E-state index in [0.717, 1.165) is 0 Å². The zero-order chi connectivity index (χ0) is 18.4. The first-order valence-electron chi connectivity index (χ1n) is 7.58. The Morgan fingerprint density at radius 3 is 2.56 bits per heavy atom. The van der Waals surface area contributed by atoms with Crippen LogP contribution in [0.4, 0.5) is 5.69 Å². The van der Waals surface area contributed by atoms with Gasteiger partial charge in [-0.25, -0.2) is 0 Å². The Balaban J connectivity index is 2.32. The highest BCUT2D eigenvalue weighted by atomic mass is 35.5. The Bertz CT molecular complexity index is 727. The van der Waals surface area contributed by atoms with Crippen LogP contribution in [0.3, 0.4) is 0 Å². The number of hydrogen-bond acceptors (Lipinski definition) is 5. The van der Waals surface area contributed by atoms with Crippen molar-refractivity contribution in [2.24, 2.45) is 0 Å². The zero-order valence-electron chi connectivity index (χ0n) is 13.2. The van der Waals surface area contributed by atoms with Gasteiger partial charge in [0.15, 0.2) is 0 Å². The molecule has 1 amide bonds. The molecule has 9 heteroatoms. The summed E-state index contributed by atoms with van der Waals surface area (Å²) in [6.07, 6.45) is 1.94. The lowest BCUT2D eigenvalue weighted by Gasteiger charge is -2.20. The smallest absolute Gasteiger partial charge is 0.246 e. The van der Waals surface area contributed by atoms with Gasteiger partial charge in [-0.2, -0.15) is 0 Å². The van der Waals surface area contributed by atoms with Gasteiger partial charge in [0.05, 0.1) is 33.7 Å². The Labute approximate surface area is 154 Å². The summed E-state index contributed by atoms with van der Waals surface area (Å²) in [6.45, 7) is -0.0574. The van der Waals surface area contributed by atoms with Crippen molar-refractivity contribution in [3.8, 4) is 0 Å². The molecule has 2 rings (SSSR count). The molecule has 0 aliphatic heterocycles. The first kappa shape index (κ1) is 19.2. The quantitative estimate of drug-likeness (QED) is 0.493. The number of nitrogens with one attached hydrogen (secondary N) is 2. The van der Waals surface area contributed by atoms with E-state index < -0.39 is 4.92 Å². The molecule has 0 atom stereocenters. The highest BCUT2D eigenvalue weighted by Crippen LogP contribution is 2.34. The van der Waals surface area contributed by atoms with Crippen LogP contribution in [0.5, 0.6) is 0 Å². The van der Waals surface area contributed by atoms with Crippen LogP contribution in [0.25, 0.3) is 0 Å². The lowest BCUT2D eigenvalue weighted by atomic mass is 9.97. The Hall–Kier alpha value is -2.09. The van der Waals surface area contributed by atoms with Crippen molar-refractivity contribution in [2.75, 3.05) is 18.5 Å². The van der Waals surface area contributed by atoms with Crippen LogP contribution in [0.15, 0.2) is 41.2 Å². The van der Waals surface area contributed by atoms with E-state index in [9.17, 15) is 14.9 Å². The van der Waals surface area contributed by atoms with Gasteiger partial charge < -0.3 is 15.7 Å². The summed E-state index contributed by atoms with van der Waals surface area (Å²) < 4.78 is 0. The Morgan fingerprint density at radius 1 is 1.28 bits per heavy atom. The number of carbonyl (C=O) groups excluding carboxylic acids is 1. The lowest BCUT2D eigenvalue weighted by molar-refractivity contribution is -0.428. The lowest BCUT2D eigenvalue weighted by Crippen LogP contribution is -2.27. The number of amides is 1. The molecule has 7 nitrogen and oxygen atoms in total. The first-order chi connectivity index (χ1) is 11.9. The number of rotatable bonds is 7. The number of hydrogen-bond donors (Lipinski definition) is 3. The van der Waals surface area contributed by atoms with Crippen molar-refractivity contribution in [3.63, 3.8) is 0 Å². The maximum absolute atomic E-state index is 11.9. The summed E-state index contributed by atoms with van der Waals surface area (Å²) in [5.41, 5.74) is 1.68. The third-order valence-electron chi connectivity index (χ3n) is 3.62. The van der Waals surface area contributed by atoms with Gasteiger partial charge in [-0.3, -0.25) is 14.9 Å². The van der Waals surface area contributed by atoms with Crippen LogP contribution in [0.1, 0.15) is 19.3 Å². The van der Waals surface area contributed by atoms with Gasteiger partial charge in [-0.1, -0.05) is 29.3 Å². The van der Waals surface area contributed by atoms with Crippen molar-refractivity contribution in [1.29, 1.82) is 0 Å². The molecule has 1 aromatic carbocycles. The number of benzene rings is 1. The van der Waals surface area contributed by atoms with E-state index in [1.807, 2.05) is 0 Å². The van der Waals surface area contributed by atoms with Gasteiger partial charge in [0.2, 0.25) is 11.6 Å². The van der Waals surface area contributed by atoms with Gasteiger partial charge in [-0.15, -0.1) is 0 Å². The molecule has 1 aliphatic rings. The summed E-state index contributed by atoms with van der Waals surface area (Å²) in [5.74, 6) is -0.338. The molecule has 1 aliphatic carbocycles. The second-order valence-electron chi connectivity index (χ2n) is 5.37. The van der Waals surface area contributed by atoms with E-state index >= 15 is 0 Å². The van der Waals surface area contributed by atoms with Crippen LogP contribution in [0.2, 0.25) is 10.0 Å². The normalized spacial score (nSPS) is 14.1. The minimum Gasteiger partial charge on any atom is -0.395 e. The fraction of sp³-hybridized carbons (Fsp3) is 0.312. The van der Waals surface area contributed by atoms with E-state index in [1.54, 1.807) is 18.2 Å². The number of allylic oxidation sites excluding steroid dienone is 3. The van der Waals surface area contributed by atoms with Gasteiger partial charge in [0.1, 0.15) is 0 Å². The summed E-state index contributed by atoms with van der Waals surface area (Å²) in [7, 11) is 0. The molecule has 0 saturated heterocycles. The predicted octanol–water partition coefficient (Wildman–Crippen LogP) is 3.11. The van der Waals surface area contributed by atoms with Gasteiger partial charge in [-0.05, 0) is 24.1 Å². The van der Waals surface area contributed by atoms with E-state index in [0.29, 0.717) is 33.4 Å². The second kappa shape index (κ2) is 8.84. The number of anilines is 1. The summed E-state index contributed by atoms with van der Waals surface area (Å²) >= 11 is 12.3. The average molecular weight is 386 g/mol. The molecule has 0 spiro atoms. The van der Waals surface area contributed by atoms with Crippen LogP contribution in [0, 0.1) is 10.1 Å². The zero-order valence-corrected chi connectivity index (χ0v) is 14.7. The fourth-order valence-electron chi connectivity index (χ4n) is 2.42. The fourth-order valence-corrected chi connectivity index (χ4v) is 2.91. The second-order valence-corrected chi connectivity index (χ2v) is 6.18. The number of aliphatic hydroxyl groups excluding tert-OH is 1. The van der Waals surface area contributed by atoms with Gasteiger partial charge in [0.25, 0.3) is 0 Å². The molecule has 0 heterocycles. The minimum absolute atomic E-state index is 0.0424. The standard InChI is InChI=1S/C16H17Cl2N3O4/c17-12-2-1-3-13(18)16(12)20-14-5-4-11(21(24)25)8-10(14)9-15(23)19-6-7-22/h1-3,8,20,22H,4-7,9H2,(H,19,23). The highest BCUT2D eigenvalue weighted by molar-refractivity contribution is 6.39. The predicted molar refractivity (Wildman–Crippen MR) is 96.1 cm³/mol. The van der Waals surface area contributed by atoms with Crippen LogP contribution in [-0.4, -0.2) is 29.1 Å². The Kier molecular flexibility index (Phi) is 6.81. The molecule has 0 saturated carbocycles. The molecule has 0 aromatic heterocycles. The molecular formula is C16H17Cl2N3O4. The summed E-state index contributed by atoms with van der Waals surface area (Å²) in [5, 5.41) is 26.3. The highest BCUT2D eigenvalue weighted by Gasteiger charge is 2.23. The number of aliphatic hydroxyl groups is 1. The van der Waals surface area contributed by atoms with Crippen LogP contribution < -0.4 is 10.6 Å². The van der Waals surface area contributed by atoms with E-state index in [4.69, 9.17) is 28.3 Å². The van der Waals surface area contributed by atoms with Crippen molar-refractivity contribution < 1.29 is 14.8 Å². The maximum Gasteiger partial charge on any atom is 0.246 e. The first-order valence-corrected chi connectivity index (χ1v) is 8.33. The van der Waals surface area contributed by atoms with Crippen molar-refractivity contribution in [3.05, 3.63) is 61.4 Å². The topological polar surface area (TPSA) is 104 Å². The molecular weight excluding hydrogens is 369 g/mol. The van der Waals surface area contributed by atoms with Crippen molar-refractivity contribution >= 4 is 34.8 Å². The largest absolute Gasteiger partial charge is 0.395 e. The minimum atomic E-state index is -0.453. The average Bonchev–Trinajstić information content (AvgIpc) is 2.57. The SMILES string of the molecule is O=C(CC1=C(Nc2c(Cl)cccc2Cl)CCC([N+](=O)[O-])=C1)NCCO. The molecule has 0 unspecified atom stereocenters. The molecule has 1 aromatic rings. The third-order valence-corrected chi connectivity index (χ3v) is 4.25. The maximum atomic E-state index is 11.9. The number of para-hydroxylation sites is 1. The molecule has 25 heavy (non-hydrogen) atoms. The van der Waals surface area contributed by atoms with E-state index in [2.05, 4.69) is 10.6 Å². The van der Waals surface area contributed by atoms with Crippen LogP contribution >= 0.6 is 23.2 Å². The molecule has 0 radical (unpaired) electrons. The molecule has 0 fully saturated rings. The van der Waals surface area contributed by atoms with Gasteiger partial charge >= 0.3 is 0 Å². The van der Waals surface area contributed by atoms with Crippen molar-refractivity contribution in [2.45, 2.75) is 19.3 Å². The monoisotopic (exact) mass is 385 g/mol. The van der Waals surface area contributed by atoms with Crippen LogP contribution in [-0.2, 0) is 4.79 Å². The molecule has 134 valence electrons. The summed E-state index contributed by atoms with van der Waals surface area (Å²) in [4.78, 5) is 22.5. The number of nitro groups is 1. The third kappa shape index (κ3) is 5.19. The van der Waals surface area contributed by atoms with Gasteiger partial charge in [0, 0.05) is 24.7 Å².